The molecule has 1 N–H and O–H groups in total. The highest BCUT2D eigenvalue weighted by atomic mass is 19.1. The lowest BCUT2D eigenvalue weighted by Gasteiger charge is -2.27. The molecular formula is C17H23FN2O. The van der Waals surface area contributed by atoms with Gasteiger partial charge in [0.1, 0.15) is 5.82 Å². The van der Waals surface area contributed by atoms with Crippen LogP contribution in [0.5, 0.6) is 0 Å². The fourth-order valence-electron chi connectivity index (χ4n) is 3.02. The monoisotopic (exact) mass is 290 g/mol. The van der Waals surface area contributed by atoms with Gasteiger partial charge in [0, 0.05) is 18.2 Å². The molecule has 0 bridgehead atoms. The molecule has 1 aliphatic carbocycles. The zero-order valence-electron chi connectivity index (χ0n) is 12.4. The Morgan fingerprint density at radius 2 is 2.00 bits per heavy atom. The molecular weight excluding hydrogens is 267 g/mol. The van der Waals surface area contributed by atoms with Crippen molar-refractivity contribution in [2.75, 3.05) is 6.54 Å². The number of halogens is 1. The molecule has 114 valence electrons. The van der Waals surface area contributed by atoms with Gasteiger partial charge in [-0.2, -0.15) is 0 Å². The van der Waals surface area contributed by atoms with Gasteiger partial charge in [0.25, 0.3) is 0 Å². The lowest BCUT2D eigenvalue weighted by Crippen LogP contribution is -2.46. The molecule has 1 heterocycles. The van der Waals surface area contributed by atoms with Gasteiger partial charge in [0.05, 0.1) is 6.04 Å². The van der Waals surface area contributed by atoms with Gasteiger partial charge in [-0.15, -0.1) is 0 Å². The lowest BCUT2D eigenvalue weighted by molar-refractivity contribution is -0.134. The number of carbonyl (C=O) groups is 1. The molecule has 1 aromatic rings. The summed E-state index contributed by atoms with van der Waals surface area (Å²) in [6.45, 7) is 1.31. The van der Waals surface area contributed by atoms with Crippen LogP contribution >= 0.6 is 0 Å². The van der Waals surface area contributed by atoms with Crippen LogP contribution in [0, 0.1) is 5.82 Å². The maximum Gasteiger partial charge on any atom is 0.240 e. The maximum absolute atomic E-state index is 13.9. The molecule has 2 aliphatic rings. The average molecular weight is 290 g/mol. The van der Waals surface area contributed by atoms with Gasteiger partial charge in [0.15, 0.2) is 0 Å². The highest BCUT2D eigenvalue weighted by molar-refractivity contribution is 5.82. The number of nitrogens with one attached hydrogen (secondary N) is 1. The van der Waals surface area contributed by atoms with E-state index in [0.29, 0.717) is 18.2 Å². The SMILES string of the molecule is O=C(C1CCCCCN1)N(Cc1ccccc1F)C1CC1. The Hall–Kier alpha value is -1.42. The molecule has 4 heteroatoms. The Kier molecular flexibility index (Phi) is 4.54. The fourth-order valence-corrected chi connectivity index (χ4v) is 3.02. The van der Waals surface area contributed by atoms with Crippen molar-refractivity contribution in [2.45, 2.75) is 57.2 Å². The van der Waals surface area contributed by atoms with Crippen molar-refractivity contribution in [2.24, 2.45) is 0 Å². The molecule has 1 aliphatic heterocycles. The van der Waals surface area contributed by atoms with Crippen LogP contribution in [-0.4, -0.2) is 29.4 Å². The van der Waals surface area contributed by atoms with Crippen LogP contribution in [0.25, 0.3) is 0 Å². The van der Waals surface area contributed by atoms with E-state index >= 15 is 0 Å². The zero-order valence-corrected chi connectivity index (χ0v) is 12.4. The second-order valence-electron chi connectivity index (χ2n) is 6.14. The minimum Gasteiger partial charge on any atom is -0.334 e. The predicted molar refractivity (Wildman–Crippen MR) is 80.2 cm³/mol. The summed E-state index contributed by atoms with van der Waals surface area (Å²) in [6.07, 6.45) is 6.43. The van der Waals surface area contributed by atoms with E-state index in [1.165, 1.54) is 12.5 Å². The Balaban J connectivity index is 1.72. The van der Waals surface area contributed by atoms with E-state index in [9.17, 15) is 9.18 Å². The van der Waals surface area contributed by atoms with Crippen molar-refractivity contribution < 1.29 is 9.18 Å². The summed E-state index contributed by atoms with van der Waals surface area (Å²) in [6, 6.07) is 6.99. The summed E-state index contributed by atoms with van der Waals surface area (Å²) in [4.78, 5) is 14.7. The van der Waals surface area contributed by atoms with Crippen molar-refractivity contribution in [1.29, 1.82) is 0 Å². The van der Waals surface area contributed by atoms with Gasteiger partial charge >= 0.3 is 0 Å². The molecule has 1 saturated heterocycles. The molecule has 0 radical (unpaired) electrons. The highest BCUT2D eigenvalue weighted by Gasteiger charge is 2.36. The maximum atomic E-state index is 13.9. The molecule has 1 saturated carbocycles. The Bertz CT molecular complexity index is 493. The number of amides is 1. The standard InChI is InChI=1S/C17H23FN2O/c18-15-7-4-3-6-13(15)12-20(14-9-10-14)17(21)16-8-2-1-5-11-19-16/h3-4,6-7,14,16,19H,1-2,5,8-12H2. The minimum absolute atomic E-state index is 0.0835. The number of hydrogen-bond donors (Lipinski definition) is 1. The summed E-state index contributed by atoms with van der Waals surface area (Å²) in [5, 5.41) is 3.36. The summed E-state index contributed by atoms with van der Waals surface area (Å²) >= 11 is 0. The summed E-state index contributed by atoms with van der Waals surface area (Å²) in [5.74, 6) is -0.0626. The molecule has 1 atom stereocenters. The van der Waals surface area contributed by atoms with Crippen LogP contribution in [0.15, 0.2) is 24.3 Å². The van der Waals surface area contributed by atoms with E-state index in [-0.39, 0.29) is 17.8 Å². The first-order valence-electron chi connectivity index (χ1n) is 8.03. The largest absolute Gasteiger partial charge is 0.334 e. The van der Waals surface area contributed by atoms with Crippen molar-refractivity contribution in [3.8, 4) is 0 Å². The zero-order chi connectivity index (χ0) is 14.7. The van der Waals surface area contributed by atoms with Crippen molar-refractivity contribution in [3.63, 3.8) is 0 Å². The quantitative estimate of drug-likeness (QED) is 0.925. The van der Waals surface area contributed by atoms with Gasteiger partial charge in [0.2, 0.25) is 5.91 Å². The predicted octanol–water partition coefficient (Wildman–Crippen LogP) is 2.85. The summed E-state index contributed by atoms with van der Waals surface area (Å²) in [5.41, 5.74) is 0.617. The first-order valence-corrected chi connectivity index (χ1v) is 8.03. The van der Waals surface area contributed by atoms with Crippen LogP contribution in [0.3, 0.4) is 0 Å². The van der Waals surface area contributed by atoms with Crippen LogP contribution in [0.1, 0.15) is 44.1 Å². The third-order valence-corrected chi connectivity index (χ3v) is 4.43. The van der Waals surface area contributed by atoms with Gasteiger partial charge in [-0.3, -0.25) is 4.79 Å². The van der Waals surface area contributed by atoms with E-state index in [1.807, 2.05) is 11.0 Å². The average Bonchev–Trinajstić information content (AvgIpc) is 3.32. The van der Waals surface area contributed by atoms with Gasteiger partial charge in [-0.25, -0.2) is 4.39 Å². The molecule has 1 aromatic carbocycles. The molecule has 3 rings (SSSR count). The van der Waals surface area contributed by atoms with E-state index in [4.69, 9.17) is 0 Å². The minimum atomic E-state index is -0.218. The smallest absolute Gasteiger partial charge is 0.240 e. The second kappa shape index (κ2) is 6.56. The van der Waals surface area contributed by atoms with Crippen molar-refractivity contribution >= 4 is 5.91 Å². The topological polar surface area (TPSA) is 32.3 Å². The molecule has 1 amide bonds. The Labute approximate surface area is 125 Å². The van der Waals surface area contributed by atoms with Crippen molar-refractivity contribution in [1.82, 2.24) is 10.2 Å². The first-order chi connectivity index (χ1) is 10.3. The van der Waals surface area contributed by atoms with Gasteiger partial charge in [-0.1, -0.05) is 31.0 Å². The molecule has 0 aromatic heterocycles. The van der Waals surface area contributed by atoms with Crippen LogP contribution < -0.4 is 5.32 Å². The summed E-state index contributed by atoms with van der Waals surface area (Å²) in [7, 11) is 0. The second-order valence-corrected chi connectivity index (χ2v) is 6.14. The van der Waals surface area contributed by atoms with Gasteiger partial charge in [-0.05, 0) is 38.3 Å². The van der Waals surface area contributed by atoms with E-state index in [2.05, 4.69) is 5.32 Å². The molecule has 2 fully saturated rings. The fraction of sp³-hybridized carbons (Fsp3) is 0.588. The summed E-state index contributed by atoms with van der Waals surface area (Å²) < 4.78 is 13.9. The number of rotatable bonds is 4. The first kappa shape index (κ1) is 14.5. The highest BCUT2D eigenvalue weighted by Crippen LogP contribution is 2.30. The van der Waals surface area contributed by atoms with Gasteiger partial charge < -0.3 is 10.2 Å². The van der Waals surface area contributed by atoms with E-state index < -0.39 is 0 Å². The molecule has 1 unspecified atom stereocenters. The Morgan fingerprint density at radius 1 is 1.19 bits per heavy atom. The molecule has 21 heavy (non-hydrogen) atoms. The number of hydrogen-bond acceptors (Lipinski definition) is 2. The number of benzene rings is 1. The number of carbonyl (C=O) groups excluding carboxylic acids is 1. The van der Waals surface area contributed by atoms with Crippen molar-refractivity contribution in [3.05, 3.63) is 35.6 Å². The molecule has 3 nitrogen and oxygen atoms in total. The van der Waals surface area contributed by atoms with E-state index in [0.717, 1.165) is 38.6 Å². The normalized spacial score (nSPS) is 22.6. The molecule has 0 spiro atoms. The lowest BCUT2D eigenvalue weighted by atomic mass is 10.1. The van der Waals surface area contributed by atoms with Crippen LogP contribution in [0.2, 0.25) is 0 Å². The van der Waals surface area contributed by atoms with E-state index in [1.54, 1.807) is 12.1 Å². The Morgan fingerprint density at radius 3 is 2.76 bits per heavy atom. The number of nitrogens with zero attached hydrogens (tertiary/aromatic N) is 1. The van der Waals surface area contributed by atoms with Crippen LogP contribution in [-0.2, 0) is 11.3 Å². The third-order valence-electron chi connectivity index (χ3n) is 4.43. The van der Waals surface area contributed by atoms with Crippen LogP contribution in [0.4, 0.5) is 4.39 Å². The third kappa shape index (κ3) is 3.62.